The Morgan fingerprint density at radius 1 is 1.64 bits per heavy atom. The van der Waals surface area contributed by atoms with Gasteiger partial charge in [0.1, 0.15) is 0 Å². The molecular weight excluding hydrogens is 200 g/mol. The van der Waals surface area contributed by atoms with Crippen LogP contribution in [-0.2, 0) is 13.6 Å². The van der Waals surface area contributed by atoms with Crippen LogP contribution < -0.4 is 5.32 Å². The first kappa shape index (κ1) is 11.5. The minimum absolute atomic E-state index is 0.272. The highest BCUT2D eigenvalue weighted by Crippen LogP contribution is 2.02. The van der Waals surface area contributed by atoms with Gasteiger partial charge in [0, 0.05) is 25.2 Å². The van der Waals surface area contributed by atoms with Gasteiger partial charge in [-0.1, -0.05) is 5.21 Å². The fourth-order valence-corrected chi connectivity index (χ4v) is 1.36. The van der Waals surface area contributed by atoms with Crippen molar-refractivity contribution in [3.05, 3.63) is 11.9 Å². The molecule has 0 saturated heterocycles. The summed E-state index contributed by atoms with van der Waals surface area (Å²) in [7, 11) is 1.87. The third kappa shape index (κ3) is 4.58. The maximum Gasteiger partial charge on any atom is 0.0964 e. The van der Waals surface area contributed by atoms with Gasteiger partial charge in [0.05, 0.1) is 5.69 Å². The molecule has 1 heterocycles. The van der Waals surface area contributed by atoms with E-state index in [4.69, 9.17) is 11.6 Å². The van der Waals surface area contributed by atoms with Gasteiger partial charge in [-0.2, -0.15) is 0 Å². The molecule has 4 nitrogen and oxygen atoms in total. The van der Waals surface area contributed by atoms with Crippen LogP contribution in [0.2, 0.25) is 0 Å². The predicted molar refractivity (Wildman–Crippen MR) is 57.3 cm³/mol. The van der Waals surface area contributed by atoms with Crippen LogP contribution in [0.5, 0.6) is 0 Å². The lowest BCUT2D eigenvalue weighted by atomic mass is 10.2. The first-order valence-electron chi connectivity index (χ1n) is 4.88. The summed E-state index contributed by atoms with van der Waals surface area (Å²) in [5, 5.41) is 11.4. The summed E-state index contributed by atoms with van der Waals surface area (Å²) in [6.07, 6.45) is 4.07. The quantitative estimate of drug-likeness (QED) is 0.576. The SMILES string of the molecule is CC(Cl)CCCNCc1cn(C)nn1. The van der Waals surface area contributed by atoms with Gasteiger partial charge in [-0.05, 0) is 26.3 Å². The molecule has 0 fully saturated rings. The summed E-state index contributed by atoms with van der Waals surface area (Å²) in [5.74, 6) is 0. The maximum absolute atomic E-state index is 5.82. The number of aromatic nitrogens is 3. The average Bonchev–Trinajstić information content (AvgIpc) is 2.50. The minimum atomic E-state index is 0.272. The zero-order valence-electron chi connectivity index (χ0n) is 8.70. The Morgan fingerprint density at radius 3 is 3.00 bits per heavy atom. The summed E-state index contributed by atoms with van der Waals surface area (Å²) < 4.78 is 1.71. The Kier molecular flexibility index (Phi) is 4.90. The van der Waals surface area contributed by atoms with Crippen LogP contribution >= 0.6 is 11.6 Å². The van der Waals surface area contributed by atoms with E-state index in [0.29, 0.717) is 0 Å². The van der Waals surface area contributed by atoms with Gasteiger partial charge >= 0.3 is 0 Å². The Morgan fingerprint density at radius 2 is 2.43 bits per heavy atom. The maximum atomic E-state index is 5.82. The molecule has 0 aliphatic heterocycles. The van der Waals surface area contributed by atoms with E-state index in [2.05, 4.69) is 15.6 Å². The standard InChI is InChI=1S/C9H17ClN4/c1-8(10)4-3-5-11-6-9-7-14(2)13-12-9/h7-8,11H,3-6H2,1-2H3. The van der Waals surface area contributed by atoms with Gasteiger partial charge in [-0.3, -0.25) is 4.68 Å². The lowest BCUT2D eigenvalue weighted by Crippen LogP contribution is -2.15. The molecule has 0 amide bonds. The Bertz CT molecular complexity index is 259. The molecule has 1 aromatic rings. The molecular formula is C9H17ClN4. The monoisotopic (exact) mass is 216 g/mol. The molecule has 5 heteroatoms. The van der Waals surface area contributed by atoms with Crippen molar-refractivity contribution < 1.29 is 0 Å². The zero-order valence-corrected chi connectivity index (χ0v) is 9.46. The first-order chi connectivity index (χ1) is 6.68. The number of alkyl halides is 1. The third-order valence-corrected chi connectivity index (χ3v) is 2.13. The van der Waals surface area contributed by atoms with Gasteiger partial charge in [0.25, 0.3) is 0 Å². The van der Waals surface area contributed by atoms with Crippen molar-refractivity contribution in [3.8, 4) is 0 Å². The minimum Gasteiger partial charge on any atom is -0.311 e. The molecule has 0 spiro atoms. The number of hydrogen-bond acceptors (Lipinski definition) is 3. The van der Waals surface area contributed by atoms with Crippen molar-refractivity contribution in [2.45, 2.75) is 31.7 Å². The van der Waals surface area contributed by atoms with Crippen LogP contribution in [0.1, 0.15) is 25.5 Å². The van der Waals surface area contributed by atoms with Gasteiger partial charge in [0.15, 0.2) is 0 Å². The van der Waals surface area contributed by atoms with Crippen LogP contribution in [0.25, 0.3) is 0 Å². The second-order valence-corrected chi connectivity index (χ2v) is 4.23. The van der Waals surface area contributed by atoms with E-state index in [9.17, 15) is 0 Å². The normalized spacial score (nSPS) is 13.1. The second-order valence-electron chi connectivity index (χ2n) is 3.48. The Labute approximate surface area is 89.6 Å². The molecule has 0 aliphatic rings. The van der Waals surface area contributed by atoms with Crippen molar-refractivity contribution in [1.29, 1.82) is 0 Å². The topological polar surface area (TPSA) is 42.7 Å². The largest absolute Gasteiger partial charge is 0.311 e. The van der Waals surface area contributed by atoms with Crippen LogP contribution in [0.4, 0.5) is 0 Å². The summed E-state index contributed by atoms with van der Waals surface area (Å²) in [6.45, 7) is 3.78. The number of nitrogens with one attached hydrogen (secondary N) is 1. The van der Waals surface area contributed by atoms with Crippen LogP contribution in [-0.4, -0.2) is 26.9 Å². The summed E-state index contributed by atoms with van der Waals surface area (Å²) in [4.78, 5) is 0. The van der Waals surface area contributed by atoms with Crippen LogP contribution in [0.15, 0.2) is 6.20 Å². The van der Waals surface area contributed by atoms with E-state index in [1.165, 1.54) is 0 Å². The van der Waals surface area contributed by atoms with Crippen LogP contribution in [0, 0.1) is 0 Å². The number of nitrogens with zero attached hydrogens (tertiary/aromatic N) is 3. The molecule has 1 unspecified atom stereocenters. The molecule has 1 N–H and O–H groups in total. The van der Waals surface area contributed by atoms with E-state index < -0.39 is 0 Å². The molecule has 1 atom stereocenters. The molecule has 0 aromatic carbocycles. The van der Waals surface area contributed by atoms with Crippen molar-refractivity contribution in [2.75, 3.05) is 6.54 Å². The molecule has 1 rings (SSSR count). The Balaban J connectivity index is 2.04. The molecule has 14 heavy (non-hydrogen) atoms. The molecule has 80 valence electrons. The highest BCUT2D eigenvalue weighted by molar-refractivity contribution is 6.20. The lowest BCUT2D eigenvalue weighted by molar-refractivity contribution is 0.612. The fraction of sp³-hybridized carbons (Fsp3) is 0.778. The van der Waals surface area contributed by atoms with E-state index in [1.54, 1.807) is 4.68 Å². The average molecular weight is 217 g/mol. The molecule has 0 bridgehead atoms. The highest BCUT2D eigenvalue weighted by atomic mass is 35.5. The van der Waals surface area contributed by atoms with Crippen LogP contribution in [0.3, 0.4) is 0 Å². The smallest absolute Gasteiger partial charge is 0.0964 e. The van der Waals surface area contributed by atoms with Crippen molar-refractivity contribution in [2.24, 2.45) is 7.05 Å². The van der Waals surface area contributed by atoms with Crippen molar-refractivity contribution >= 4 is 11.6 Å². The lowest BCUT2D eigenvalue weighted by Gasteiger charge is -2.03. The molecule has 0 saturated carbocycles. The molecule has 1 aromatic heterocycles. The second kappa shape index (κ2) is 5.98. The van der Waals surface area contributed by atoms with Crippen molar-refractivity contribution in [1.82, 2.24) is 20.3 Å². The predicted octanol–water partition coefficient (Wildman–Crippen LogP) is 1.31. The van der Waals surface area contributed by atoms with Crippen molar-refractivity contribution in [3.63, 3.8) is 0 Å². The van der Waals surface area contributed by atoms with Gasteiger partial charge in [-0.25, -0.2) is 0 Å². The van der Waals surface area contributed by atoms with E-state index in [-0.39, 0.29) is 5.38 Å². The summed E-state index contributed by atoms with van der Waals surface area (Å²) in [6, 6.07) is 0. The molecule has 0 aliphatic carbocycles. The van der Waals surface area contributed by atoms with Gasteiger partial charge in [-0.15, -0.1) is 16.7 Å². The van der Waals surface area contributed by atoms with Gasteiger partial charge in [0.2, 0.25) is 0 Å². The number of rotatable bonds is 6. The third-order valence-electron chi connectivity index (χ3n) is 1.91. The summed E-state index contributed by atoms with van der Waals surface area (Å²) in [5.41, 5.74) is 0.978. The highest BCUT2D eigenvalue weighted by Gasteiger charge is 1.98. The van der Waals surface area contributed by atoms with E-state index in [1.807, 2.05) is 20.2 Å². The number of aryl methyl sites for hydroxylation is 1. The Hall–Kier alpha value is -0.610. The van der Waals surface area contributed by atoms with Gasteiger partial charge < -0.3 is 5.32 Å². The molecule has 0 radical (unpaired) electrons. The summed E-state index contributed by atoms with van der Waals surface area (Å²) >= 11 is 5.82. The number of hydrogen-bond donors (Lipinski definition) is 1. The fourth-order valence-electron chi connectivity index (χ4n) is 1.20. The number of halogens is 1. The van der Waals surface area contributed by atoms with E-state index in [0.717, 1.165) is 31.6 Å². The van der Waals surface area contributed by atoms with E-state index >= 15 is 0 Å². The zero-order chi connectivity index (χ0) is 10.4. The first-order valence-corrected chi connectivity index (χ1v) is 5.32.